The van der Waals surface area contributed by atoms with Gasteiger partial charge in [-0.3, -0.25) is 4.67 Å². The lowest BCUT2D eigenvalue weighted by Crippen LogP contribution is -2.36. The van der Waals surface area contributed by atoms with Crippen molar-refractivity contribution in [3.63, 3.8) is 0 Å². The van der Waals surface area contributed by atoms with Crippen molar-refractivity contribution in [1.29, 1.82) is 0 Å². The van der Waals surface area contributed by atoms with E-state index in [-0.39, 0.29) is 6.61 Å². The molecule has 154 valence electrons. The molecule has 1 aliphatic rings. The molecule has 1 heterocycles. The number of rotatable bonds is 6. The Bertz CT molecular complexity index is 850. The minimum Gasteiger partial charge on any atom is -0.854 e. The molecule has 0 saturated carbocycles. The van der Waals surface area contributed by atoms with Crippen molar-refractivity contribution in [2.45, 2.75) is 19.3 Å². The summed E-state index contributed by atoms with van der Waals surface area (Å²) in [6.45, 7) is 1.45. The average Bonchev–Trinajstić information content (AvgIpc) is 3.09. The highest BCUT2D eigenvalue weighted by Crippen LogP contribution is 2.46. The SMILES string of the molecule is C[N+](C)(C)CCC[O-].O=P(O)(O)N1CCC=C1Cc1cccc2ccccc12. The molecule has 6 nitrogen and oxygen atoms in total. The number of hydrogen-bond donors (Lipinski definition) is 2. The molecular formula is C21H31N2O4P. The first-order chi connectivity index (χ1) is 13.1. The molecule has 7 heteroatoms. The number of hydrogen-bond acceptors (Lipinski definition) is 2. The Kier molecular flexibility index (Phi) is 7.81. The van der Waals surface area contributed by atoms with Crippen LogP contribution in [0, 0.1) is 0 Å². The van der Waals surface area contributed by atoms with Crippen LogP contribution in [-0.4, -0.2) is 59.8 Å². The van der Waals surface area contributed by atoms with E-state index >= 15 is 0 Å². The molecule has 0 fully saturated rings. The van der Waals surface area contributed by atoms with E-state index in [0.29, 0.717) is 19.4 Å². The third-order valence-corrected chi connectivity index (χ3v) is 5.68. The summed E-state index contributed by atoms with van der Waals surface area (Å²) in [7, 11) is 2.08. The Morgan fingerprint density at radius 3 is 2.39 bits per heavy atom. The highest BCUT2D eigenvalue weighted by atomic mass is 31.2. The van der Waals surface area contributed by atoms with Crippen LogP contribution in [0.4, 0.5) is 0 Å². The number of benzene rings is 2. The lowest BCUT2D eigenvalue weighted by molar-refractivity contribution is -0.871. The van der Waals surface area contributed by atoms with Gasteiger partial charge in [0.1, 0.15) is 0 Å². The second-order valence-electron chi connectivity index (χ2n) is 8.01. The van der Waals surface area contributed by atoms with Crippen LogP contribution in [0.15, 0.2) is 54.2 Å². The van der Waals surface area contributed by atoms with E-state index in [9.17, 15) is 19.5 Å². The van der Waals surface area contributed by atoms with E-state index in [1.807, 2.05) is 48.5 Å². The van der Waals surface area contributed by atoms with Gasteiger partial charge in [0.25, 0.3) is 0 Å². The standard InChI is InChI=1S/C15H16NO3P.C6H15NO/c17-20(18,19)16-10-4-8-14(16)11-13-7-3-6-12-5-1-2-9-15(12)13;1-7(2,3)5-4-6-8/h1-3,5-9H,4,10-11H2,(H2,17,18,19);4-6H2,1-3H3. The van der Waals surface area contributed by atoms with Gasteiger partial charge >= 0.3 is 7.75 Å². The van der Waals surface area contributed by atoms with Crippen molar-refractivity contribution < 1.29 is 23.9 Å². The first kappa shape index (κ1) is 22.6. The molecule has 0 amide bonds. The van der Waals surface area contributed by atoms with Gasteiger partial charge in [0.05, 0.1) is 27.7 Å². The van der Waals surface area contributed by atoms with Crippen molar-refractivity contribution in [3.05, 3.63) is 59.8 Å². The first-order valence-corrected chi connectivity index (χ1v) is 11.1. The molecule has 0 saturated heterocycles. The van der Waals surface area contributed by atoms with Gasteiger partial charge in [0, 0.05) is 18.7 Å². The van der Waals surface area contributed by atoms with Crippen molar-refractivity contribution in [2.75, 3.05) is 40.8 Å². The lowest BCUT2D eigenvalue weighted by atomic mass is 10.0. The Morgan fingerprint density at radius 2 is 1.79 bits per heavy atom. The highest BCUT2D eigenvalue weighted by molar-refractivity contribution is 7.49. The van der Waals surface area contributed by atoms with Gasteiger partial charge in [-0.05, 0) is 29.2 Å². The fourth-order valence-corrected chi connectivity index (χ4v) is 4.11. The minimum atomic E-state index is -4.20. The van der Waals surface area contributed by atoms with E-state index in [4.69, 9.17) is 0 Å². The third-order valence-electron chi connectivity index (χ3n) is 4.59. The van der Waals surface area contributed by atoms with Gasteiger partial charge in [0.2, 0.25) is 0 Å². The molecule has 2 N–H and O–H groups in total. The smallest absolute Gasteiger partial charge is 0.429 e. The maximum Gasteiger partial charge on any atom is 0.429 e. The lowest BCUT2D eigenvalue weighted by Gasteiger charge is -2.24. The van der Waals surface area contributed by atoms with Crippen molar-refractivity contribution in [2.24, 2.45) is 0 Å². The summed E-state index contributed by atoms with van der Waals surface area (Å²) in [5.41, 5.74) is 1.81. The topological polar surface area (TPSA) is 83.8 Å². The van der Waals surface area contributed by atoms with Crippen LogP contribution in [0.3, 0.4) is 0 Å². The van der Waals surface area contributed by atoms with E-state index in [0.717, 1.165) is 39.5 Å². The zero-order valence-corrected chi connectivity index (χ0v) is 17.8. The number of quaternary nitrogens is 1. The van der Waals surface area contributed by atoms with Gasteiger partial charge in [-0.2, -0.15) is 0 Å². The number of fused-ring (bicyclic) bond motifs is 1. The van der Waals surface area contributed by atoms with Crippen LogP contribution in [0.5, 0.6) is 0 Å². The van der Waals surface area contributed by atoms with Crippen LogP contribution in [0.2, 0.25) is 0 Å². The molecule has 2 aromatic carbocycles. The Hall–Kier alpha value is -1.69. The summed E-state index contributed by atoms with van der Waals surface area (Å²) in [6.07, 6.45) is 3.95. The van der Waals surface area contributed by atoms with Gasteiger partial charge in [-0.1, -0.05) is 48.5 Å². The molecule has 1 aliphatic heterocycles. The van der Waals surface area contributed by atoms with E-state index < -0.39 is 7.75 Å². The monoisotopic (exact) mass is 406 g/mol. The second kappa shape index (κ2) is 9.68. The summed E-state index contributed by atoms with van der Waals surface area (Å²) in [4.78, 5) is 18.8. The number of nitrogens with zero attached hydrogens (tertiary/aromatic N) is 2. The summed E-state index contributed by atoms with van der Waals surface area (Å²) in [6, 6.07) is 14.1. The molecule has 3 rings (SSSR count). The van der Waals surface area contributed by atoms with Crippen LogP contribution in [0.1, 0.15) is 18.4 Å². The summed E-state index contributed by atoms with van der Waals surface area (Å²) >= 11 is 0. The van der Waals surface area contributed by atoms with Gasteiger partial charge < -0.3 is 19.4 Å². The quantitative estimate of drug-likeness (QED) is 0.569. The summed E-state index contributed by atoms with van der Waals surface area (Å²) in [5.74, 6) is 0. The molecule has 0 aliphatic carbocycles. The fraction of sp³-hybridized carbons (Fsp3) is 0.429. The summed E-state index contributed by atoms with van der Waals surface area (Å²) in [5, 5.41) is 12.2. The molecule has 0 atom stereocenters. The third kappa shape index (κ3) is 6.73. The maximum absolute atomic E-state index is 11.5. The Labute approximate surface area is 167 Å². The van der Waals surface area contributed by atoms with Crippen LogP contribution >= 0.6 is 7.75 Å². The predicted molar refractivity (Wildman–Crippen MR) is 111 cm³/mol. The van der Waals surface area contributed by atoms with E-state index in [1.54, 1.807) is 0 Å². The molecule has 0 radical (unpaired) electrons. The Balaban J connectivity index is 0.000000300. The molecule has 0 spiro atoms. The van der Waals surface area contributed by atoms with Crippen LogP contribution in [-0.2, 0) is 11.0 Å². The molecule has 0 bridgehead atoms. The van der Waals surface area contributed by atoms with E-state index in [1.165, 1.54) is 4.67 Å². The largest absolute Gasteiger partial charge is 0.854 e. The van der Waals surface area contributed by atoms with Crippen molar-refractivity contribution in [1.82, 2.24) is 4.67 Å². The van der Waals surface area contributed by atoms with Gasteiger partial charge in [-0.15, -0.1) is 6.61 Å². The van der Waals surface area contributed by atoms with E-state index in [2.05, 4.69) is 21.1 Å². The fourth-order valence-electron chi connectivity index (χ4n) is 3.24. The highest BCUT2D eigenvalue weighted by Gasteiger charge is 2.30. The molecule has 0 aromatic heterocycles. The molecule has 0 unspecified atom stereocenters. The minimum absolute atomic E-state index is 0.0650. The zero-order chi connectivity index (χ0) is 20.8. The number of allylic oxidation sites excluding steroid dienone is 1. The molecule has 2 aromatic rings. The zero-order valence-electron chi connectivity index (χ0n) is 16.9. The van der Waals surface area contributed by atoms with Crippen LogP contribution in [0.25, 0.3) is 10.8 Å². The van der Waals surface area contributed by atoms with Crippen molar-refractivity contribution in [3.8, 4) is 0 Å². The Morgan fingerprint density at radius 1 is 1.11 bits per heavy atom. The van der Waals surface area contributed by atoms with Gasteiger partial charge in [-0.25, -0.2) is 4.57 Å². The predicted octanol–water partition coefficient (Wildman–Crippen LogP) is 2.51. The van der Waals surface area contributed by atoms with Gasteiger partial charge in [0.15, 0.2) is 0 Å². The molecular weight excluding hydrogens is 375 g/mol. The van der Waals surface area contributed by atoms with Crippen LogP contribution < -0.4 is 5.11 Å². The summed E-state index contributed by atoms with van der Waals surface area (Å²) < 4.78 is 13.6. The van der Waals surface area contributed by atoms with Crippen molar-refractivity contribution >= 4 is 18.5 Å². The molecule has 28 heavy (non-hydrogen) atoms. The first-order valence-electron chi connectivity index (χ1n) is 9.49. The average molecular weight is 406 g/mol. The normalized spacial score (nSPS) is 14.6. The second-order valence-corrected chi connectivity index (χ2v) is 9.52. The maximum atomic E-state index is 11.5.